The van der Waals surface area contributed by atoms with Crippen molar-refractivity contribution in [2.75, 3.05) is 0 Å². The molecular formula is C14H21N5. The standard InChI is InChI=1S/C14H21N5/c1-5-12-6-11(8-16-14(2,3)4)7-13(18-12)19-10-15-9-17-19/h6-7,9-10,16H,5,8H2,1-4H3. The number of nitrogens with zero attached hydrogens (tertiary/aromatic N) is 4. The Hall–Kier alpha value is -1.75. The SMILES string of the molecule is CCc1cc(CNC(C)(C)C)cc(-n2cncn2)n1. The van der Waals surface area contributed by atoms with Gasteiger partial charge >= 0.3 is 0 Å². The number of hydrogen-bond acceptors (Lipinski definition) is 4. The van der Waals surface area contributed by atoms with Gasteiger partial charge < -0.3 is 5.32 Å². The molecule has 2 heterocycles. The molecule has 0 aliphatic heterocycles. The Morgan fingerprint density at radius 2 is 2.05 bits per heavy atom. The second-order valence-electron chi connectivity index (χ2n) is 5.62. The highest BCUT2D eigenvalue weighted by Gasteiger charge is 2.10. The topological polar surface area (TPSA) is 55.6 Å². The van der Waals surface area contributed by atoms with Gasteiger partial charge in [0, 0.05) is 17.8 Å². The van der Waals surface area contributed by atoms with Crippen LogP contribution >= 0.6 is 0 Å². The van der Waals surface area contributed by atoms with Crippen LogP contribution in [-0.2, 0) is 13.0 Å². The monoisotopic (exact) mass is 259 g/mol. The molecule has 5 nitrogen and oxygen atoms in total. The van der Waals surface area contributed by atoms with Crippen molar-refractivity contribution < 1.29 is 0 Å². The molecule has 0 aliphatic rings. The molecule has 2 aromatic rings. The first-order chi connectivity index (χ1) is 8.98. The summed E-state index contributed by atoms with van der Waals surface area (Å²) in [6.45, 7) is 9.41. The van der Waals surface area contributed by atoms with Gasteiger partial charge in [-0.3, -0.25) is 0 Å². The van der Waals surface area contributed by atoms with E-state index in [1.165, 1.54) is 11.9 Å². The van der Waals surface area contributed by atoms with Gasteiger partial charge in [-0.15, -0.1) is 0 Å². The average Bonchev–Trinajstić information content (AvgIpc) is 2.89. The summed E-state index contributed by atoms with van der Waals surface area (Å²) in [5.74, 6) is 0.822. The van der Waals surface area contributed by atoms with Gasteiger partial charge in [0.15, 0.2) is 5.82 Å². The van der Waals surface area contributed by atoms with Gasteiger partial charge in [-0.2, -0.15) is 5.10 Å². The second kappa shape index (κ2) is 5.48. The highest BCUT2D eigenvalue weighted by molar-refractivity contribution is 5.30. The van der Waals surface area contributed by atoms with Crippen molar-refractivity contribution in [2.45, 2.75) is 46.2 Å². The maximum Gasteiger partial charge on any atom is 0.155 e. The molecule has 0 saturated heterocycles. The first-order valence-corrected chi connectivity index (χ1v) is 6.58. The summed E-state index contributed by atoms with van der Waals surface area (Å²) in [6.07, 6.45) is 4.10. The molecule has 102 valence electrons. The maximum absolute atomic E-state index is 4.57. The van der Waals surface area contributed by atoms with Crippen molar-refractivity contribution in [3.63, 3.8) is 0 Å². The number of rotatable bonds is 4. The normalized spacial score (nSPS) is 11.8. The zero-order valence-electron chi connectivity index (χ0n) is 12.0. The molecular weight excluding hydrogens is 238 g/mol. The summed E-state index contributed by atoms with van der Waals surface area (Å²) < 4.78 is 1.69. The Bertz CT molecular complexity index is 525. The summed E-state index contributed by atoms with van der Waals surface area (Å²) >= 11 is 0. The quantitative estimate of drug-likeness (QED) is 0.913. The fourth-order valence-electron chi connectivity index (χ4n) is 1.73. The zero-order chi connectivity index (χ0) is 13.9. The minimum absolute atomic E-state index is 0.100. The number of aromatic nitrogens is 4. The Balaban J connectivity index is 2.26. The van der Waals surface area contributed by atoms with E-state index in [2.05, 4.69) is 54.1 Å². The van der Waals surface area contributed by atoms with Gasteiger partial charge in [-0.05, 0) is 44.9 Å². The summed E-state index contributed by atoms with van der Waals surface area (Å²) in [5.41, 5.74) is 2.38. The van der Waals surface area contributed by atoms with E-state index in [1.807, 2.05) is 6.07 Å². The van der Waals surface area contributed by atoms with Gasteiger partial charge in [-0.25, -0.2) is 14.6 Å². The molecule has 0 aliphatic carbocycles. The molecule has 2 aromatic heterocycles. The third-order valence-corrected chi connectivity index (χ3v) is 2.76. The predicted octanol–water partition coefficient (Wildman–Crippen LogP) is 2.11. The lowest BCUT2D eigenvalue weighted by Crippen LogP contribution is -2.35. The zero-order valence-corrected chi connectivity index (χ0v) is 12.0. The van der Waals surface area contributed by atoms with E-state index < -0.39 is 0 Å². The first-order valence-electron chi connectivity index (χ1n) is 6.58. The molecule has 0 aromatic carbocycles. The van der Waals surface area contributed by atoms with Crippen molar-refractivity contribution in [1.29, 1.82) is 0 Å². The van der Waals surface area contributed by atoms with Gasteiger partial charge in [0.25, 0.3) is 0 Å². The van der Waals surface area contributed by atoms with E-state index in [-0.39, 0.29) is 5.54 Å². The van der Waals surface area contributed by atoms with Crippen LogP contribution < -0.4 is 5.32 Å². The Kier molecular flexibility index (Phi) is 3.95. The van der Waals surface area contributed by atoms with E-state index in [4.69, 9.17) is 0 Å². The van der Waals surface area contributed by atoms with Gasteiger partial charge in [0.2, 0.25) is 0 Å². The van der Waals surface area contributed by atoms with Crippen molar-refractivity contribution in [2.24, 2.45) is 0 Å². The second-order valence-corrected chi connectivity index (χ2v) is 5.62. The highest BCUT2D eigenvalue weighted by Crippen LogP contribution is 2.11. The molecule has 19 heavy (non-hydrogen) atoms. The molecule has 5 heteroatoms. The minimum Gasteiger partial charge on any atom is -0.308 e. The van der Waals surface area contributed by atoms with Crippen molar-refractivity contribution in [1.82, 2.24) is 25.1 Å². The number of nitrogens with one attached hydrogen (secondary N) is 1. The molecule has 2 rings (SSSR count). The van der Waals surface area contributed by atoms with Gasteiger partial charge in [0.1, 0.15) is 12.7 Å². The number of pyridine rings is 1. The van der Waals surface area contributed by atoms with Crippen molar-refractivity contribution in [3.8, 4) is 5.82 Å². The molecule has 0 spiro atoms. The molecule has 0 saturated carbocycles. The van der Waals surface area contributed by atoms with Crippen LogP contribution in [0.5, 0.6) is 0 Å². The van der Waals surface area contributed by atoms with E-state index >= 15 is 0 Å². The van der Waals surface area contributed by atoms with Gasteiger partial charge in [-0.1, -0.05) is 6.92 Å². The third kappa shape index (κ3) is 3.86. The lowest BCUT2D eigenvalue weighted by molar-refractivity contribution is 0.424. The lowest BCUT2D eigenvalue weighted by atomic mass is 10.1. The van der Waals surface area contributed by atoms with Crippen molar-refractivity contribution >= 4 is 0 Å². The number of hydrogen-bond donors (Lipinski definition) is 1. The molecule has 1 N–H and O–H groups in total. The van der Waals surface area contributed by atoms with Crippen LogP contribution in [0.4, 0.5) is 0 Å². The molecule has 0 fully saturated rings. The molecule has 0 radical (unpaired) electrons. The molecule has 0 atom stereocenters. The maximum atomic E-state index is 4.57. The van der Waals surface area contributed by atoms with E-state index in [0.29, 0.717) is 0 Å². The predicted molar refractivity (Wildman–Crippen MR) is 75.1 cm³/mol. The molecule has 0 amide bonds. The highest BCUT2D eigenvalue weighted by atomic mass is 15.3. The fraction of sp³-hybridized carbons (Fsp3) is 0.500. The van der Waals surface area contributed by atoms with Crippen molar-refractivity contribution in [3.05, 3.63) is 36.0 Å². The van der Waals surface area contributed by atoms with Gasteiger partial charge in [0.05, 0.1) is 0 Å². The number of aryl methyl sites for hydroxylation is 1. The van der Waals surface area contributed by atoms with Crippen LogP contribution in [0.25, 0.3) is 5.82 Å². The minimum atomic E-state index is 0.100. The van der Waals surface area contributed by atoms with Crippen LogP contribution in [0.3, 0.4) is 0 Å². The van der Waals surface area contributed by atoms with E-state index in [0.717, 1.165) is 24.5 Å². The first kappa shape index (κ1) is 13.7. The smallest absolute Gasteiger partial charge is 0.155 e. The largest absolute Gasteiger partial charge is 0.308 e. The third-order valence-electron chi connectivity index (χ3n) is 2.76. The average molecular weight is 259 g/mol. The Morgan fingerprint density at radius 1 is 1.26 bits per heavy atom. The summed E-state index contributed by atoms with van der Waals surface area (Å²) in [7, 11) is 0. The van der Waals surface area contributed by atoms with Crippen LogP contribution in [0.2, 0.25) is 0 Å². The van der Waals surface area contributed by atoms with Crippen LogP contribution in [0.15, 0.2) is 24.8 Å². The van der Waals surface area contributed by atoms with E-state index in [9.17, 15) is 0 Å². The lowest BCUT2D eigenvalue weighted by Gasteiger charge is -2.21. The van der Waals surface area contributed by atoms with Crippen LogP contribution in [0.1, 0.15) is 39.0 Å². The Morgan fingerprint density at radius 3 is 2.63 bits per heavy atom. The summed E-state index contributed by atoms with van der Waals surface area (Å²) in [5, 5.41) is 7.62. The Labute approximate surface area is 114 Å². The fourth-order valence-corrected chi connectivity index (χ4v) is 1.73. The molecule has 0 bridgehead atoms. The van der Waals surface area contributed by atoms with E-state index in [1.54, 1.807) is 11.0 Å². The van der Waals surface area contributed by atoms with Crippen LogP contribution in [-0.4, -0.2) is 25.3 Å². The molecule has 0 unspecified atom stereocenters. The summed E-state index contributed by atoms with van der Waals surface area (Å²) in [6, 6.07) is 4.19. The van der Waals surface area contributed by atoms with Crippen LogP contribution in [0, 0.1) is 0 Å². The summed E-state index contributed by atoms with van der Waals surface area (Å²) in [4.78, 5) is 8.54.